The largest absolute Gasteiger partial charge is 0.345 e. The van der Waals surface area contributed by atoms with Gasteiger partial charge in [0.25, 0.3) is 5.91 Å². The summed E-state index contributed by atoms with van der Waals surface area (Å²) in [7, 11) is 0. The van der Waals surface area contributed by atoms with Crippen molar-refractivity contribution in [3.05, 3.63) is 89.5 Å². The number of carbonyl (C=O) groups is 1. The molecular formula is C24H25N7O. The van der Waals surface area contributed by atoms with Crippen LogP contribution >= 0.6 is 0 Å². The number of nitrogens with zero attached hydrogens (tertiary/aromatic N) is 6. The SMILES string of the molecule is CC1(C)Cc2c(cnn2-c2ccccc2)[C@H](NC(=O)c2ccc(Cn3cnnn3)cc2)C1. The number of amides is 1. The predicted molar refractivity (Wildman–Crippen MR) is 119 cm³/mol. The summed E-state index contributed by atoms with van der Waals surface area (Å²) in [5, 5.41) is 19.1. The third-order valence-corrected chi connectivity index (χ3v) is 5.94. The van der Waals surface area contributed by atoms with Gasteiger partial charge in [-0.25, -0.2) is 9.36 Å². The maximum atomic E-state index is 13.1. The topological polar surface area (TPSA) is 90.5 Å². The molecule has 8 nitrogen and oxygen atoms in total. The molecule has 1 aliphatic rings. The van der Waals surface area contributed by atoms with Crippen LogP contribution in [-0.4, -0.2) is 35.9 Å². The van der Waals surface area contributed by atoms with Crippen LogP contribution in [0.3, 0.4) is 0 Å². The maximum absolute atomic E-state index is 13.1. The van der Waals surface area contributed by atoms with E-state index in [0.29, 0.717) is 12.1 Å². The summed E-state index contributed by atoms with van der Waals surface area (Å²) < 4.78 is 3.65. The molecule has 8 heteroatoms. The maximum Gasteiger partial charge on any atom is 0.251 e. The summed E-state index contributed by atoms with van der Waals surface area (Å²) in [6.07, 6.45) is 5.25. The first-order valence-corrected chi connectivity index (χ1v) is 10.7. The van der Waals surface area contributed by atoms with Gasteiger partial charge in [0.1, 0.15) is 6.33 Å². The number of hydrogen-bond acceptors (Lipinski definition) is 5. The van der Waals surface area contributed by atoms with Crippen LogP contribution in [0.5, 0.6) is 0 Å². The summed E-state index contributed by atoms with van der Waals surface area (Å²) >= 11 is 0. The number of rotatable bonds is 5. The highest BCUT2D eigenvalue weighted by Gasteiger charge is 2.36. The lowest BCUT2D eigenvalue weighted by Gasteiger charge is -2.36. The Morgan fingerprint density at radius 1 is 1.12 bits per heavy atom. The minimum Gasteiger partial charge on any atom is -0.345 e. The molecule has 4 aromatic rings. The standard InChI is InChI=1S/C24H25N7O/c1-24(2)12-21(20-14-26-31(22(20)13-24)19-6-4-3-5-7-19)27-23(32)18-10-8-17(9-11-18)15-30-16-25-28-29-30/h3-11,14,16,21H,12-13,15H2,1-2H3,(H,27,32)/t21-/m1/s1. The number of fused-ring (bicyclic) bond motifs is 1. The molecule has 0 unspecified atom stereocenters. The fraction of sp³-hybridized carbons (Fsp3) is 0.292. The number of aromatic nitrogens is 6. The van der Waals surface area contributed by atoms with Crippen LogP contribution in [0.1, 0.15) is 53.5 Å². The quantitative estimate of drug-likeness (QED) is 0.527. The fourth-order valence-electron chi connectivity index (χ4n) is 4.41. The van der Waals surface area contributed by atoms with E-state index >= 15 is 0 Å². The Morgan fingerprint density at radius 2 is 1.91 bits per heavy atom. The van der Waals surface area contributed by atoms with Crippen LogP contribution in [0.2, 0.25) is 0 Å². The molecule has 2 aromatic carbocycles. The van der Waals surface area contributed by atoms with Gasteiger partial charge < -0.3 is 5.32 Å². The number of hydrogen-bond donors (Lipinski definition) is 1. The lowest BCUT2D eigenvalue weighted by molar-refractivity contribution is 0.0919. The molecule has 0 saturated carbocycles. The first-order valence-electron chi connectivity index (χ1n) is 10.7. The molecular weight excluding hydrogens is 402 g/mol. The second kappa shape index (κ2) is 8.03. The first-order chi connectivity index (χ1) is 15.5. The second-order valence-electron chi connectivity index (χ2n) is 9.07. The zero-order valence-corrected chi connectivity index (χ0v) is 18.1. The molecule has 0 saturated heterocycles. The van der Waals surface area contributed by atoms with Crippen molar-refractivity contribution in [1.29, 1.82) is 0 Å². The van der Waals surface area contributed by atoms with Gasteiger partial charge >= 0.3 is 0 Å². The van der Waals surface area contributed by atoms with E-state index in [1.807, 2.05) is 53.3 Å². The molecule has 1 aliphatic carbocycles. The Hall–Kier alpha value is -3.81. The summed E-state index contributed by atoms with van der Waals surface area (Å²) in [6.45, 7) is 5.05. The molecule has 32 heavy (non-hydrogen) atoms. The average Bonchev–Trinajstić information content (AvgIpc) is 3.44. The molecule has 0 aliphatic heterocycles. The zero-order valence-electron chi connectivity index (χ0n) is 18.1. The zero-order chi connectivity index (χ0) is 22.1. The molecule has 1 N–H and O–H groups in total. The average molecular weight is 428 g/mol. The summed E-state index contributed by atoms with van der Waals surface area (Å²) in [4.78, 5) is 13.1. The highest BCUT2D eigenvalue weighted by Crippen LogP contribution is 2.41. The van der Waals surface area contributed by atoms with Gasteiger partial charge in [0.05, 0.1) is 30.2 Å². The number of nitrogens with one attached hydrogen (secondary N) is 1. The van der Waals surface area contributed by atoms with E-state index in [4.69, 9.17) is 0 Å². The molecule has 0 spiro atoms. The number of tetrazole rings is 1. The Bertz CT molecular complexity index is 1210. The summed E-state index contributed by atoms with van der Waals surface area (Å²) in [5.74, 6) is -0.0833. The predicted octanol–water partition coefficient (Wildman–Crippen LogP) is 3.35. The van der Waals surface area contributed by atoms with Crippen LogP contribution in [-0.2, 0) is 13.0 Å². The number of para-hydroxylation sites is 1. The minimum atomic E-state index is -0.0837. The van der Waals surface area contributed by atoms with Gasteiger partial charge in [-0.15, -0.1) is 5.10 Å². The van der Waals surface area contributed by atoms with E-state index in [0.717, 1.165) is 35.3 Å². The van der Waals surface area contributed by atoms with Crippen LogP contribution in [0.4, 0.5) is 0 Å². The van der Waals surface area contributed by atoms with Crippen molar-refractivity contribution in [2.45, 2.75) is 39.3 Å². The highest BCUT2D eigenvalue weighted by molar-refractivity contribution is 5.94. The molecule has 1 amide bonds. The summed E-state index contributed by atoms with van der Waals surface area (Å²) in [6, 6.07) is 17.6. The van der Waals surface area contributed by atoms with E-state index < -0.39 is 0 Å². The second-order valence-corrected chi connectivity index (χ2v) is 9.07. The first kappa shape index (κ1) is 20.1. The lowest BCUT2D eigenvalue weighted by Crippen LogP contribution is -2.36. The fourth-order valence-corrected chi connectivity index (χ4v) is 4.41. The van der Waals surface area contributed by atoms with Gasteiger partial charge in [-0.2, -0.15) is 5.10 Å². The molecule has 0 radical (unpaired) electrons. The van der Waals surface area contributed by atoms with Crippen molar-refractivity contribution < 1.29 is 4.79 Å². The molecule has 0 bridgehead atoms. The Morgan fingerprint density at radius 3 is 2.62 bits per heavy atom. The van der Waals surface area contributed by atoms with E-state index in [1.165, 1.54) is 0 Å². The van der Waals surface area contributed by atoms with Crippen molar-refractivity contribution in [2.24, 2.45) is 5.41 Å². The third-order valence-electron chi connectivity index (χ3n) is 5.94. The number of benzene rings is 2. The third kappa shape index (κ3) is 4.03. The van der Waals surface area contributed by atoms with Gasteiger partial charge in [-0.05, 0) is 58.5 Å². The Kier molecular flexibility index (Phi) is 5.05. The van der Waals surface area contributed by atoms with Crippen molar-refractivity contribution in [2.75, 3.05) is 0 Å². The van der Waals surface area contributed by atoms with Crippen LogP contribution in [0.25, 0.3) is 5.69 Å². The van der Waals surface area contributed by atoms with Crippen molar-refractivity contribution >= 4 is 5.91 Å². The monoisotopic (exact) mass is 427 g/mol. The van der Waals surface area contributed by atoms with Crippen LogP contribution in [0, 0.1) is 5.41 Å². The van der Waals surface area contributed by atoms with Gasteiger partial charge in [0.2, 0.25) is 0 Å². The molecule has 162 valence electrons. The van der Waals surface area contributed by atoms with E-state index in [1.54, 1.807) is 11.0 Å². The Balaban J connectivity index is 1.36. The van der Waals surface area contributed by atoms with Gasteiger partial charge in [-0.1, -0.05) is 44.2 Å². The highest BCUT2D eigenvalue weighted by atomic mass is 16.1. The Labute approximate surface area is 186 Å². The minimum absolute atomic E-state index is 0.0488. The smallest absolute Gasteiger partial charge is 0.251 e. The van der Waals surface area contributed by atoms with E-state index in [2.05, 4.69) is 51.9 Å². The van der Waals surface area contributed by atoms with Crippen LogP contribution < -0.4 is 5.32 Å². The lowest BCUT2D eigenvalue weighted by atomic mass is 9.74. The van der Waals surface area contributed by atoms with Crippen molar-refractivity contribution in [3.63, 3.8) is 0 Å². The molecule has 1 atom stereocenters. The van der Waals surface area contributed by atoms with E-state index in [-0.39, 0.29) is 17.4 Å². The van der Waals surface area contributed by atoms with Gasteiger partial charge in [-0.3, -0.25) is 4.79 Å². The van der Waals surface area contributed by atoms with Crippen molar-refractivity contribution in [3.8, 4) is 5.69 Å². The van der Waals surface area contributed by atoms with E-state index in [9.17, 15) is 4.79 Å². The normalized spacial score (nSPS) is 17.0. The van der Waals surface area contributed by atoms with Gasteiger partial charge in [0.15, 0.2) is 0 Å². The molecule has 2 aromatic heterocycles. The number of carbonyl (C=O) groups excluding carboxylic acids is 1. The molecule has 0 fully saturated rings. The van der Waals surface area contributed by atoms with Crippen LogP contribution in [0.15, 0.2) is 67.1 Å². The van der Waals surface area contributed by atoms with Crippen molar-refractivity contribution in [1.82, 2.24) is 35.3 Å². The molecule has 2 heterocycles. The van der Waals surface area contributed by atoms with Gasteiger partial charge in [0, 0.05) is 11.1 Å². The molecule has 5 rings (SSSR count). The summed E-state index contributed by atoms with van der Waals surface area (Å²) in [5.41, 5.74) is 5.00.